The van der Waals surface area contributed by atoms with Crippen LogP contribution in [0.3, 0.4) is 0 Å². The van der Waals surface area contributed by atoms with E-state index in [1.807, 2.05) is 13.0 Å². The Morgan fingerprint density at radius 3 is 2.50 bits per heavy atom. The van der Waals surface area contributed by atoms with Gasteiger partial charge in [-0.3, -0.25) is 0 Å². The Labute approximate surface area is 164 Å². The normalized spacial score (nSPS) is 14.4. The predicted molar refractivity (Wildman–Crippen MR) is 113 cm³/mol. The lowest BCUT2D eigenvalue weighted by Gasteiger charge is -2.28. The molecule has 1 aliphatic heterocycles. The van der Waals surface area contributed by atoms with Crippen molar-refractivity contribution in [1.29, 1.82) is 0 Å². The summed E-state index contributed by atoms with van der Waals surface area (Å²) in [7, 11) is 0. The Hall–Kier alpha value is -2.95. The third kappa shape index (κ3) is 3.84. The molecule has 4 rings (SSSR count). The van der Waals surface area contributed by atoms with E-state index < -0.39 is 5.63 Å². The van der Waals surface area contributed by atoms with E-state index in [9.17, 15) is 9.90 Å². The molecule has 2 aromatic carbocycles. The fourth-order valence-electron chi connectivity index (χ4n) is 3.88. The van der Waals surface area contributed by atoms with Gasteiger partial charge in [-0.2, -0.15) is 0 Å². The Morgan fingerprint density at radius 1 is 1.04 bits per heavy atom. The number of hydrogen-bond donors (Lipinski definition) is 2. The first-order chi connectivity index (χ1) is 13.6. The summed E-state index contributed by atoms with van der Waals surface area (Å²) in [5.41, 5.74) is 3.98. The summed E-state index contributed by atoms with van der Waals surface area (Å²) >= 11 is 0. The third-order valence-corrected chi connectivity index (χ3v) is 5.48. The largest absolute Gasteiger partial charge is 0.508 e. The van der Waals surface area contributed by atoms with Crippen molar-refractivity contribution in [2.24, 2.45) is 0 Å². The molecule has 0 radical (unpaired) electrons. The number of piperidine rings is 1. The molecular weight excluding hydrogens is 352 g/mol. The van der Waals surface area contributed by atoms with Crippen molar-refractivity contribution in [2.45, 2.75) is 39.2 Å². The number of nitrogens with one attached hydrogen (secondary N) is 1. The fourth-order valence-corrected chi connectivity index (χ4v) is 3.88. The summed E-state index contributed by atoms with van der Waals surface area (Å²) in [6.45, 7) is 4.76. The van der Waals surface area contributed by atoms with Crippen molar-refractivity contribution in [3.63, 3.8) is 0 Å². The molecule has 5 nitrogen and oxygen atoms in total. The fraction of sp³-hybridized carbons (Fsp3) is 0.348. The standard InChI is InChI=1S/C23H26N2O3/c1-2-16-12-20-17(13-23(27)28-22(20)14-21(16)26)15-24-18-6-8-19(9-7-18)25-10-4-3-5-11-25/h6-9,12-14,24,26H,2-5,10-11,15H2,1H3. The summed E-state index contributed by atoms with van der Waals surface area (Å²) < 4.78 is 5.27. The SMILES string of the molecule is CCc1cc2c(CNc3ccc(N4CCCCC4)cc3)cc(=O)oc2cc1O. The van der Waals surface area contributed by atoms with E-state index in [1.165, 1.54) is 37.1 Å². The number of hydrogen-bond acceptors (Lipinski definition) is 5. The summed E-state index contributed by atoms with van der Waals surface area (Å²) in [4.78, 5) is 14.4. The highest BCUT2D eigenvalue weighted by Crippen LogP contribution is 2.28. The van der Waals surface area contributed by atoms with E-state index >= 15 is 0 Å². The highest BCUT2D eigenvalue weighted by atomic mass is 16.4. The van der Waals surface area contributed by atoms with Gasteiger partial charge in [-0.25, -0.2) is 4.79 Å². The van der Waals surface area contributed by atoms with E-state index in [0.717, 1.165) is 35.3 Å². The number of phenolic OH excluding ortho intramolecular Hbond substituents is 1. The van der Waals surface area contributed by atoms with Crippen molar-refractivity contribution < 1.29 is 9.52 Å². The van der Waals surface area contributed by atoms with Crippen LogP contribution in [0.4, 0.5) is 11.4 Å². The molecule has 5 heteroatoms. The molecule has 0 atom stereocenters. The summed E-state index contributed by atoms with van der Waals surface area (Å²) in [6, 6.07) is 13.4. The van der Waals surface area contributed by atoms with Crippen LogP contribution < -0.4 is 15.8 Å². The van der Waals surface area contributed by atoms with E-state index in [-0.39, 0.29) is 5.75 Å². The minimum absolute atomic E-state index is 0.163. The molecule has 0 aliphatic carbocycles. The highest BCUT2D eigenvalue weighted by molar-refractivity contribution is 5.83. The minimum Gasteiger partial charge on any atom is -0.508 e. The second kappa shape index (κ2) is 7.97. The van der Waals surface area contributed by atoms with Gasteiger partial charge >= 0.3 is 5.63 Å². The smallest absolute Gasteiger partial charge is 0.336 e. The lowest BCUT2D eigenvalue weighted by molar-refractivity contribution is 0.466. The number of fused-ring (bicyclic) bond motifs is 1. The summed E-state index contributed by atoms with van der Waals surface area (Å²) in [5.74, 6) is 0.163. The number of aromatic hydroxyl groups is 1. The number of benzene rings is 2. The van der Waals surface area contributed by atoms with Crippen LogP contribution in [-0.2, 0) is 13.0 Å². The van der Waals surface area contributed by atoms with Gasteiger partial charge < -0.3 is 19.7 Å². The van der Waals surface area contributed by atoms with Gasteiger partial charge in [0.15, 0.2) is 0 Å². The first kappa shape index (κ1) is 18.4. The van der Waals surface area contributed by atoms with E-state index in [4.69, 9.17) is 4.42 Å². The van der Waals surface area contributed by atoms with Crippen LogP contribution in [0.2, 0.25) is 0 Å². The van der Waals surface area contributed by atoms with Gasteiger partial charge in [0.25, 0.3) is 0 Å². The molecule has 1 fully saturated rings. The zero-order valence-corrected chi connectivity index (χ0v) is 16.2. The topological polar surface area (TPSA) is 65.7 Å². The van der Waals surface area contributed by atoms with Crippen molar-refractivity contribution in [3.05, 3.63) is 64.0 Å². The lowest BCUT2D eigenvalue weighted by Crippen LogP contribution is -2.29. The highest BCUT2D eigenvalue weighted by Gasteiger charge is 2.12. The maximum atomic E-state index is 11.9. The maximum Gasteiger partial charge on any atom is 0.336 e. The molecule has 2 heterocycles. The number of anilines is 2. The maximum absolute atomic E-state index is 11.9. The van der Waals surface area contributed by atoms with Crippen LogP contribution in [0.1, 0.15) is 37.3 Å². The molecule has 0 bridgehead atoms. The number of phenols is 1. The molecule has 1 aliphatic rings. The molecule has 0 amide bonds. The second-order valence-corrected chi connectivity index (χ2v) is 7.37. The van der Waals surface area contributed by atoms with E-state index in [2.05, 4.69) is 34.5 Å². The first-order valence-corrected chi connectivity index (χ1v) is 10.0. The molecule has 0 spiro atoms. The molecule has 0 saturated carbocycles. The Balaban J connectivity index is 1.54. The summed E-state index contributed by atoms with van der Waals surface area (Å²) in [5, 5.41) is 14.3. The van der Waals surface area contributed by atoms with E-state index in [0.29, 0.717) is 18.5 Å². The van der Waals surface area contributed by atoms with Crippen LogP contribution >= 0.6 is 0 Å². The molecule has 3 aromatic rings. The van der Waals surface area contributed by atoms with Gasteiger partial charge in [-0.05, 0) is 67.1 Å². The molecular formula is C23H26N2O3. The Bertz CT molecular complexity index is 1020. The van der Waals surface area contributed by atoms with Gasteiger partial charge in [0.05, 0.1) is 0 Å². The van der Waals surface area contributed by atoms with Gasteiger partial charge in [0, 0.05) is 48.5 Å². The monoisotopic (exact) mass is 378 g/mol. The molecule has 1 aromatic heterocycles. The van der Waals surface area contributed by atoms with Crippen LogP contribution in [0.25, 0.3) is 11.0 Å². The Morgan fingerprint density at radius 2 is 1.79 bits per heavy atom. The van der Waals surface area contributed by atoms with Gasteiger partial charge in [-0.15, -0.1) is 0 Å². The molecule has 28 heavy (non-hydrogen) atoms. The predicted octanol–water partition coefficient (Wildman–Crippen LogP) is 4.66. The zero-order valence-electron chi connectivity index (χ0n) is 16.2. The van der Waals surface area contributed by atoms with Crippen LogP contribution in [0.5, 0.6) is 5.75 Å². The van der Waals surface area contributed by atoms with Crippen LogP contribution in [-0.4, -0.2) is 18.2 Å². The Kier molecular flexibility index (Phi) is 5.24. The van der Waals surface area contributed by atoms with Gasteiger partial charge in [-0.1, -0.05) is 6.92 Å². The zero-order chi connectivity index (χ0) is 19.5. The van der Waals surface area contributed by atoms with Crippen molar-refractivity contribution in [1.82, 2.24) is 0 Å². The van der Waals surface area contributed by atoms with Crippen molar-refractivity contribution in [3.8, 4) is 5.75 Å². The molecule has 146 valence electrons. The van der Waals surface area contributed by atoms with Gasteiger partial charge in [0.2, 0.25) is 0 Å². The molecule has 2 N–H and O–H groups in total. The van der Waals surface area contributed by atoms with Crippen LogP contribution in [0.15, 0.2) is 51.7 Å². The number of aryl methyl sites for hydroxylation is 1. The van der Waals surface area contributed by atoms with Crippen LogP contribution in [0, 0.1) is 0 Å². The average molecular weight is 378 g/mol. The van der Waals surface area contributed by atoms with Gasteiger partial charge in [0.1, 0.15) is 11.3 Å². The second-order valence-electron chi connectivity index (χ2n) is 7.37. The average Bonchev–Trinajstić information content (AvgIpc) is 2.72. The number of rotatable bonds is 5. The summed E-state index contributed by atoms with van der Waals surface area (Å²) in [6.07, 6.45) is 4.57. The van der Waals surface area contributed by atoms with E-state index in [1.54, 1.807) is 0 Å². The molecule has 1 saturated heterocycles. The lowest BCUT2D eigenvalue weighted by atomic mass is 10.0. The quantitative estimate of drug-likeness (QED) is 0.632. The minimum atomic E-state index is -0.409. The third-order valence-electron chi connectivity index (χ3n) is 5.48. The molecule has 0 unspecified atom stereocenters. The number of nitrogens with zero attached hydrogens (tertiary/aromatic N) is 1. The first-order valence-electron chi connectivity index (χ1n) is 10.0. The van der Waals surface area contributed by atoms with Crippen molar-refractivity contribution in [2.75, 3.05) is 23.3 Å². The van der Waals surface area contributed by atoms with Crippen molar-refractivity contribution >= 4 is 22.3 Å².